The average Bonchev–Trinajstić information content (AvgIpc) is 2.62. The summed E-state index contributed by atoms with van der Waals surface area (Å²) in [6.45, 7) is 2.06. The zero-order valence-electron chi connectivity index (χ0n) is 8.23. The fourth-order valence-corrected chi connectivity index (χ4v) is 1.77. The molecule has 6 heteroatoms. The predicted octanol–water partition coefficient (Wildman–Crippen LogP) is -0.0600. The van der Waals surface area contributed by atoms with Gasteiger partial charge in [0.25, 0.3) is 0 Å². The Morgan fingerprint density at radius 1 is 1.67 bits per heavy atom. The van der Waals surface area contributed by atoms with E-state index in [2.05, 4.69) is 10.2 Å². The molecule has 1 aliphatic rings. The minimum atomic E-state index is -0.927. The van der Waals surface area contributed by atoms with Gasteiger partial charge in [0.2, 0.25) is 5.91 Å². The van der Waals surface area contributed by atoms with Crippen LogP contribution in [-0.4, -0.2) is 38.6 Å². The normalized spacial score (nSPS) is 19.8. The van der Waals surface area contributed by atoms with Gasteiger partial charge in [0.05, 0.1) is 18.4 Å². The number of aromatic amines is 1. The Balaban J connectivity index is 2.35. The first kappa shape index (κ1) is 9.70. The van der Waals surface area contributed by atoms with Crippen LogP contribution in [0.2, 0.25) is 0 Å². The summed E-state index contributed by atoms with van der Waals surface area (Å²) in [6.07, 6.45) is 1.52. The van der Waals surface area contributed by atoms with Crippen molar-refractivity contribution in [1.29, 1.82) is 0 Å². The maximum absolute atomic E-state index is 11.2. The van der Waals surface area contributed by atoms with E-state index in [1.54, 1.807) is 0 Å². The summed E-state index contributed by atoms with van der Waals surface area (Å²) in [5.41, 5.74) is 1.39. The smallest absolute Gasteiger partial charge is 0.312 e. The lowest BCUT2D eigenvalue weighted by Crippen LogP contribution is -2.39. The van der Waals surface area contributed by atoms with E-state index in [1.807, 2.05) is 0 Å². The Labute approximate surface area is 85.9 Å². The number of hydrogen-bond donors (Lipinski definition) is 2. The fourth-order valence-electron chi connectivity index (χ4n) is 1.77. The number of aliphatic carboxylic acids is 1. The topological polar surface area (TPSA) is 86.3 Å². The van der Waals surface area contributed by atoms with E-state index < -0.39 is 11.9 Å². The molecule has 1 aliphatic heterocycles. The third kappa shape index (κ3) is 1.58. The predicted molar refractivity (Wildman–Crippen MR) is 50.1 cm³/mol. The minimum absolute atomic E-state index is 0.124. The highest BCUT2D eigenvalue weighted by Gasteiger charge is 2.32. The van der Waals surface area contributed by atoms with Crippen LogP contribution in [0.15, 0.2) is 6.20 Å². The van der Waals surface area contributed by atoms with Crippen LogP contribution in [0.1, 0.15) is 24.1 Å². The van der Waals surface area contributed by atoms with Crippen LogP contribution in [0.5, 0.6) is 0 Å². The Morgan fingerprint density at radius 3 is 3.00 bits per heavy atom. The number of carboxylic acids is 1. The Hall–Kier alpha value is -1.85. The molecular weight excluding hydrogens is 198 g/mol. The van der Waals surface area contributed by atoms with Crippen molar-refractivity contribution in [3.8, 4) is 0 Å². The molecule has 0 aromatic carbocycles. The van der Waals surface area contributed by atoms with Crippen molar-refractivity contribution < 1.29 is 14.7 Å². The van der Waals surface area contributed by atoms with Gasteiger partial charge in [0.1, 0.15) is 5.92 Å². The summed E-state index contributed by atoms with van der Waals surface area (Å²) in [5.74, 6) is -1.72. The fraction of sp³-hybridized carbons (Fsp3) is 0.444. The summed E-state index contributed by atoms with van der Waals surface area (Å²) in [7, 11) is 0. The minimum Gasteiger partial charge on any atom is -0.481 e. The number of carbonyl (C=O) groups is 2. The van der Waals surface area contributed by atoms with Crippen molar-refractivity contribution in [1.82, 2.24) is 15.1 Å². The molecule has 1 aromatic heterocycles. The van der Waals surface area contributed by atoms with Gasteiger partial charge in [-0.15, -0.1) is 0 Å². The summed E-state index contributed by atoms with van der Waals surface area (Å²) in [4.78, 5) is 23.7. The third-order valence-corrected chi connectivity index (χ3v) is 2.62. The molecule has 0 spiro atoms. The highest BCUT2D eigenvalue weighted by molar-refractivity contribution is 5.80. The van der Waals surface area contributed by atoms with Crippen LogP contribution in [-0.2, 0) is 16.1 Å². The number of H-pyrrole nitrogens is 1. The molecule has 0 fully saturated rings. The molecule has 15 heavy (non-hydrogen) atoms. The summed E-state index contributed by atoms with van der Waals surface area (Å²) in [6, 6.07) is 0. The zero-order valence-corrected chi connectivity index (χ0v) is 8.23. The molecule has 0 radical (unpaired) electrons. The van der Waals surface area contributed by atoms with Gasteiger partial charge in [-0.25, -0.2) is 0 Å². The zero-order chi connectivity index (χ0) is 11.0. The lowest BCUT2D eigenvalue weighted by Gasteiger charge is -2.29. The van der Waals surface area contributed by atoms with Crippen LogP contribution in [0.4, 0.5) is 0 Å². The van der Waals surface area contributed by atoms with Gasteiger partial charge in [0, 0.05) is 19.0 Å². The first-order valence-electron chi connectivity index (χ1n) is 4.60. The van der Waals surface area contributed by atoms with E-state index in [4.69, 9.17) is 5.11 Å². The van der Waals surface area contributed by atoms with Crippen LogP contribution < -0.4 is 0 Å². The molecule has 1 amide bonds. The highest BCUT2D eigenvalue weighted by atomic mass is 16.4. The molecule has 0 aliphatic carbocycles. The molecule has 1 unspecified atom stereocenters. The Morgan fingerprint density at radius 2 is 2.40 bits per heavy atom. The molecule has 2 N–H and O–H groups in total. The SMILES string of the molecule is CC(=O)N1Cc2[nH]ncc2C(C(=O)O)C1. The van der Waals surface area contributed by atoms with E-state index in [0.29, 0.717) is 17.8 Å². The molecule has 2 heterocycles. The molecule has 6 nitrogen and oxygen atoms in total. The van der Waals surface area contributed by atoms with Crippen LogP contribution in [0.25, 0.3) is 0 Å². The van der Waals surface area contributed by atoms with Crippen molar-refractivity contribution in [2.24, 2.45) is 0 Å². The number of carbonyl (C=O) groups excluding carboxylic acids is 1. The van der Waals surface area contributed by atoms with Crippen molar-refractivity contribution in [2.45, 2.75) is 19.4 Å². The van der Waals surface area contributed by atoms with E-state index in [-0.39, 0.29) is 12.5 Å². The second kappa shape index (κ2) is 3.38. The number of nitrogens with zero attached hydrogens (tertiary/aromatic N) is 2. The maximum atomic E-state index is 11.2. The number of fused-ring (bicyclic) bond motifs is 1. The lowest BCUT2D eigenvalue weighted by atomic mass is 9.95. The first-order valence-corrected chi connectivity index (χ1v) is 4.60. The van der Waals surface area contributed by atoms with Gasteiger partial charge >= 0.3 is 5.97 Å². The summed E-state index contributed by atoms with van der Waals surface area (Å²) >= 11 is 0. The lowest BCUT2D eigenvalue weighted by molar-refractivity contribution is -0.141. The summed E-state index contributed by atoms with van der Waals surface area (Å²) < 4.78 is 0. The van der Waals surface area contributed by atoms with Gasteiger partial charge in [-0.05, 0) is 0 Å². The monoisotopic (exact) mass is 209 g/mol. The van der Waals surface area contributed by atoms with Crippen LogP contribution >= 0.6 is 0 Å². The second-order valence-corrected chi connectivity index (χ2v) is 3.59. The van der Waals surface area contributed by atoms with E-state index in [0.717, 1.165) is 0 Å². The van der Waals surface area contributed by atoms with Crippen LogP contribution in [0, 0.1) is 0 Å². The standard InChI is InChI=1S/C9H11N3O3/c1-5(13)12-3-7(9(14)15)6-2-10-11-8(6)4-12/h2,7H,3-4H2,1H3,(H,10,11)(H,14,15). The molecule has 80 valence electrons. The van der Waals surface area contributed by atoms with Gasteiger partial charge in [-0.1, -0.05) is 0 Å². The number of carboxylic acid groups (broad SMARTS) is 1. The quantitative estimate of drug-likeness (QED) is 0.678. The van der Waals surface area contributed by atoms with Crippen molar-refractivity contribution in [2.75, 3.05) is 6.54 Å². The number of hydrogen-bond acceptors (Lipinski definition) is 3. The third-order valence-electron chi connectivity index (χ3n) is 2.62. The van der Waals surface area contributed by atoms with Gasteiger partial charge in [0.15, 0.2) is 0 Å². The largest absolute Gasteiger partial charge is 0.481 e. The van der Waals surface area contributed by atoms with Crippen molar-refractivity contribution in [3.63, 3.8) is 0 Å². The molecule has 2 rings (SSSR count). The van der Waals surface area contributed by atoms with Gasteiger partial charge in [-0.2, -0.15) is 5.10 Å². The molecule has 0 saturated carbocycles. The van der Waals surface area contributed by atoms with E-state index in [1.165, 1.54) is 18.0 Å². The van der Waals surface area contributed by atoms with E-state index in [9.17, 15) is 9.59 Å². The highest BCUT2D eigenvalue weighted by Crippen LogP contribution is 2.26. The average molecular weight is 209 g/mol. The number of nitrogens with one attached hydrogen (secondary N) is 1. The molecule has 0 saturated heterocycles. The first-order chi connectivity index (χ1) is 7.09. The Kier molecular flexibility index (Phi) is 2.18. The number of amides is 1. The molecule has 1 aromatic rings. The molecular formula is C9H11N3O3. The van der Waals surface area contributed by atoms with E-state index >= 15 is 0 Å². The number of aromatic nitrogens is 2. The molecule has 0 bridgehead atoms. The Bertz CT molecular complexity index is 412. The molecule has 1 atom stereocenters. The number of rotatable bonds is 1. The maximum Gasteiger partial charge on any atom is 0.312 e. The van der Waals surface area contributed by atoms with Gasteiger partial charge < -0.3 is 10.0 Å². The second-order valence-electron chi connectivity index (χ2n) is 3.59. The summed E-state index contributed by atoms with van der Waals surface area (Å²) in [5, 5.41) is 15.5. The van der Waals surface area contributed by atoms with Gasteiger partial charge in [-0.3, -0.25) is 14.7 Å². The van der Waals surface area contributed by atoms with Crippen LogP contribution in [0.3, 0.4) is 0 Å². The van der Waals surface area contributed by atoms with Crippen molar-refractivity contribution in [3.05, 3.63) is 17.5 Å². The van der Waals surface area contributed by atoms with Crippen molar-refractivity contribution >= 4 is 11.9 Å².